The lowest BCUT2D eigenvalue weighted by molar-refractivity contribution is -0.134. The molecule has 1 N–H and O–H groups in total. The van der Waals surface area contributed by atoms with Gasteiger partial charge in [-0.1, -0.05) is 13.8 Å². The minimum absolute atomic E-state index is 0.0403. The summed E-state index contributed by atoms with van der Waals surface area (Å²) in [6, 6.07) is 3.39. The maximum absolute atomic E-state index is 12.9. The average Bonchev–Trinajstić information content (AvgIpc) is 2.93. The van der Waals surface area contributed by atoms with Gasteiger partial charge in [0.25, 0.3) is 0 Å². The summed E-state index contributed by atoms with van der Waals surface area (Å²) in [7, 11) is -2.40. The van der Waals surface area contributed by atoms with Crippen LogP contribution in [-0.4, -0.2) is 42.9 Å². The van der Waals surface area contributed by atoms with Gasteiger partial charge in [-0.05, 0) is 37.3 Å². The van der Waals surface area contributed by atoms with E-state index in [1.165, 1.54) is 22.8 Å². The number of carbonyl (C=O) groups excluding carboxylic acids is 1. The third-order valence-corrected chi connectivity index (χ3v) is 6.40. The van der Waals surface area contributed by atoms with Crippen LogP contribution in [0, 0.1) is 5.92 Å². The number of carbonyl (C=O) groups is 1. The fraction of sp³-hybridized carbons (Fsp3) is 0.556. The fourth-order valence-electron chi connectivity index (χ4n) is 3.30. The van der Waals surface area contributed by atoms with Crippen molar-refractivity contribution in [2.24, 2.45) is 13.0 Å². The Balaban J connectivity index is 1.88. The second-order valence-corrected chi connectivity index (χ2v) is 9.00. The molecule has 9 heteroatoms. The summed E-state index contributed by atoms with van der Waals surface area (Å²) in [5.74, 6) is -0.957. The number of hydrogen-bond acceptors (Lipinski definition) is 5. The molecule has 1 atom stereocenters. The molecule has 1 aliphatic heterocycles. The first-order chi connectivity index (χ1) is 12.7. The molecule has 8 nitrogen and oxygen atoms in total. The van der Waals surface area contributed by atoms with Gasteiger partial charge >= 0.3 is 5.76 Å². The maximum Gasteiger partial charge on any atom is 0.419 e. The van der Waals surface area contributed by atoms with E-state index < -0.39 is 21.8 Å². The molecule has 0 unspecified atom stereocenters. The summed E-state index contributed by atoms with van der Waals surface area (Å²) in [4.78, 5) is 26.1. The molecule has 0 bridgehead atoms. The van der Waals surface area contributed by atoms with E-state index in [4.69, 9.17) is 4.42 Å². The molecule has 2 aromatic rings. The zero-order valence-corrected chi connectivity index (χ0v) is 16.6. The number of piperidine rings is 1. The van der Waals surface area contributed by atoms with Crippen LogP contribution in [0.15, 0.2) is 32.3 Å². The Hall–Kier alpha value is -2.13. The van der Waals surface area contributed by atoms with Crippen LogP contribution in [-0.2, 0) is 21.9 Å². The van der Waals surface area contributed by atoms with E-state index in [-0.39, 0.29) is 22.3 Å². The minimum Gasteiger partial charge on any atom is -0.408 e. The van der Waals surface area contributed by atoms with Crippen LogP contribution in [0.2, 0.25) is 0 Å². The fourth-order valence-corrected chi connectivity index (χ4v) is 4.65. The van der Waals surface area contributed by atoms with E-state index in [0.717, 1.165) is 19.3 Å². The standard InChI is InChI=1S/C18H25N3O5S/c1-12(2)16(17(22)21-9-5-4-6-10-21)19-27(24,25)13-7-8-14-15(11-13)26-18(23)20(14)3/h7-8,11-12,16,19H,4-6,9-10H2,1-3H3/t16-/m0/s1. The van der Waals surface area contributed by atoms with Gasteiger partial charge in [-0.3, -0.25) is 9.36 Å². The Bertz CT molecular complexity index is 1000. The van der Waals surface area contributed by atoms with Crippen molar-refractivity contribution in [3.63, 3.8) is 0 Å². The average molecular weight is 395 g/mol. The van der Waals surface area contributed by atoms with Gasteiger partial charge in [0.2, 0.25) is 15.9 Å². The van der Waals surface area contributed by atoms with Gasteiger partial charge in [0.15, 0.2) is 5.58 Å². The van der Waals surface area contributed by atoms with Crippen LogP contribution in [0.4, 0.5) is 0 Å². The van der Waals surface area contributed by atoms with E-state index in [2.05, 4.69) is 4.72 Å². The van der Waals surface area contributed by atoms with Crippen LogP contribution in [0.25, 0.3) is 11.1 Å². The SMILES string of the molecule is CC(C)[C@H](NS(=O)(=O)c1ccc2c(c1)oc(=O)n2C)C(=O)N1CCCCC1. The molecule has 1 amide bonds. The first-order valence-electron chi connectivity index (χ1n) is 9.11. The summed E-state index contributed by atoms with van der Waals surface area (Å²) in [6.45, 7) is 4.94. The first kappa shape index (κ1) is 19.6. The summed E-state index contributed by atoms with van der Waals surface area (Å²) in [6.07, 6.45) is 2.96. The monoisotopic (exact) mass is 395 g/mol. The normalized spacial score (nSPS) is 16.8. The lowest BCUT2D eigenvalue weighted by Crippen LogP contribution is -2.52. The van der Waals surface area contributed by atoms with Crippen molar-refractivity contribution in [2.75, 3.05) is 13.1 Å². The highest BCUT2D eigenvalue weighted by Crippen LogP contribution is 2.20. The third kappa shape index (κ3) is 3.93. The molecule has 1 aliphatic rings. The van der Waals surface area contributed by atoms with Crippen molar-refractivity contribution < 1.29 is 17.6 Å². The van der Waals surface area contributed by atoms with Crippen LogP contribution >= 0.6 is 0 Å². The van der Waals surface area contributed by atoms with Crippen molar-refractivity contribution in [2.45, 2.75) is 44.0 Å². The van der Waals surface area contributed by atoms with Crippen molar-refractivity contribution in [3.05, 3.63) is 28.7 Å². The molecular weight excluding hydrogens is 370 g/mol. The predicted octanol–water partition coefficient (Wildman–Crippen LogP) is 1.45. The second kappa shape index (κ2) is 7.47. The number of fused-ring (bicyclic) bond motifs is 1. The predicted molar refractivity (Wildman–Crippen MR) is 101 cm³/mol. The number of nitrogens with one attached hydrogen (secondary N) is 1. The quantitative estimate of drug-likeness (QED) is 0.826. The Labute approximate surface area is 158 Å². The number of aromatic nitrogens is 1. The third-order valence-electron chi connectivity index (χ3n) is 4.96. The Morgan fingerprint density at radius 3 is 2.48 bits per heavy atom. The van der Waals surface area contributed by atoms with Crippen molar-refractivity contribution in [1.29, 1.82) is 0 Å². The van der Waals surface area contributed by atoms with Crippen molar-refractivity contribution in [1.82, 2.24) is 14.2 Å². The van der Waals surface area contributed by atoms with E-state index >= 15 is 0 Å². The molecule has 1 aromatic heterocycles. The number of hydrogen-bond donors (Lipinski definition) is 1. The number of oxazole rings is 1. The smallest absolute Gasteiger partial charge is 0.408 e. The largest absolute Gasteiger partial charge is 0.419 e. The van der Waals surface area contributed by atoms with E-state index in [1.54, 1.807) is 11.9 Å². The Kier molecular flexibility index (Phi) is 5.43. The highest BCUT2D eigenvalue weighted by atomic mass is 32.2. The molecule has 1 saturated heterocycles. The van der Waals surface area contributed by atoms with Crippen LogP contribution in [0.1, 0.15) is 33.1 Å². The van der Waals surface area contributed by atoms with Crippen molar-refractivity contribution >= 4 is 27.0 Å². The number of amides is 1. The van der Waals surface area contributed by atoms with Gasteiger partial charge in [0.05, 0.1) is 10.4 Å². The molecule has 0 radical (unpaired) electrons. The molecule has 27 heavy (non-hydrogen) atoms. The van der Waals surface area contributed by atoms with E-state index in [1.807, 2.05) is 13.8 Å². The maximum atomic E-state index is 12.9. The van der Waals surface area contributed by atoms with E-state index in [9.17, 15) is 18.0 Å². The number of aryl methyl sites for hydroxylation is 1. The zero-order chi connectivity index (χ0) is 19.8. The highest BCUT2D eigenvalue weighted by Gasteiger charge is 2.32. The molecule has 3 rings (SSSR count). The van der Waals surface area contributed by atoms with Crippen LogP contribution in [0.3, 0.4) is 0 Å². The summed E-state index contributed by atoms with van der Waals surface area (Å²) in [5.41, 5.74) is 0.692. The molecular formula is C18H25N3O5S. The molecule has 0 spiro atoms. The minimum atomic E-state index is -3.95. The Morgan fingerprint density at radius 1 is 1.19 bits per heavy atom. The number of benzene rings is 1. The van der Waals surface area contributed by atoms with Gasteiger partial charge in [-0.15, -0.1) is 0 Å². The van der Waals surface area contributed by atoms with Crippen LogP contribution < -0.4 is 10.5 Å². The Morgan fingerprint density at radius 2 is 1.85 bits per heavy atom. The van der Waals surface area contributed by atoms with Crippen molar-refractivity contribution in [3.8, 4) is 0 Å². The summed E-state index contributed by atoms with van der Waals surface area (Å²) < 4.78 is 34.6. The molecule has 1 fully saturated rings. The zero-order valence-electron chi connectivity index (χ0n) is 15.8. The molecule has 0 aliphatic carbocycles. The number of rotatable bonds is 5. The lowest BCUT2D eigenvalue weighted by Gasteiger charge is -2.32. The van der Waals surface area contributed by atoms with Gasteiger partial charge in [-0.25, -0.2) is 13.2 Å². The van der Waals surface area contributed by atoms with Gasteiger partial charge in [0.1, 0.15) is 6.04 Å². The van der Waals surface area contributed by atoms with Gasteiger partial charge in [0, 0.05) is 26.2 Å². The first-order valence-corrected chi connectivity index (χ1v) is 10.6. The topological polar surface area (TPSA) is 102 Å². The highest BCUT2D eigenvalue weighted by molar-refractivity contribution is 7.89. The van der Waals surface area contributed by atoms with E-state index in [0.29, 0.717) is 18.6 Å². The second-order valence-electron chi connectivity index (χ2n) is 7.29. The molecule has 2 heterocycles. The number of likely N-dealkylation sites (tertiary alicyclic amines) is 1. The van der Waals surface area contributed by atoms with Crippen LogP contribution in [0.5, 0.6) is 0 Å². The number of nitrogens with zero attached hydrogens (tertiary/aromatic N) is 2. The molecule has 1 aromatic carbocycles. The summed E-state index contributed by atoms with van der Waals surface area (Å²) >= 11 is 0. The molecule has 148 valence electrons. The van der Waals surface area contributed by atoms with Gasteiger partial charge in [-0.2, -0.15) is 4.72 Å². The molecule has 0 saturated carbocycles. The lowest BCUT2D eigenvalue weighted by atomic mass is 10.0. The summed E-state index contributed by atoms with van der Waals surface area (Å²) in [5, 5.41) is 0. The van der Waals surface area contributed by atoms with Gasteiger partial charge < -0.3 is 9.32 Å². The number of sulfonamides is 1.